The third kappa shape index (κ3) is 2.60. The Morgan fingerprint density at radius 1 is 1.65 bits per heavy atom. The Hall–Kier alpha value is -2.09. The van der Waals surface area contributed by atoms with Gasteiger partial charge < -0.3 is 25.6 Å². The van der Waals surface area contributed by atoms with Gasteiger partial charge in [-0.25, -0.2) is 4.98 Å². The SMILES string of the molecule is Cn1ccnc1CNC(=O)C1(C(N)=NO)CCOCC1. The molecule has 1 fully saturated rings. The van der Waals surface area contributed by atoms with E-state index in [0.717, 1.165) is 5.82 Å². The van der Waals surface area contributed by atoms with Crippen molar-refractivity contribution in [3.05, 3.63) is 18.2 Å². The number of aryl methyl sites for hydroxylation is 1. The number of imidazole rings is 1. The molecule has 2 rings (SSSR count). The average Bonchev–Trinajstić information content (AvgIpc) is 2.89. The minimum absolute atomic E-state index is 0.0712. The van der Waals surface area contributed by atoms with Gasteiger partial charge >= 0.3 is 0 Å². The van der Waals surface area contributed by atoms with Crippen molar-refractivity contribution in [2.75, 3.05) is 13.2 Å². The molecule has 1 aromatic heterocycles. The molecule has 1 aromatic rings. The lowest BCUT2D eigenvalue weighted by Gasteiger charge is -2.34. The van der Waals surface area contributed by atoms with E-state index < -0.39 is 5.41 Å². The first kappa shape index (κ1) is 14.3. The van der Waals surface area contributed by atoms with Crippen molar-refractivity contribution in [3.8, 4) is 0 Å². The maximum Gasteiger partial charge on any atom is 0.234 e. The van der Waals surface area contributed by atoms with Crippen LogP contribution in [0.15, 0.2) is 17.5 Å². The number of ether oxygens (including phenoxy) is 1. The molecule has 110 valence electrons. The fraction of sp³-hybridized carbons (Fsp3) is 0.583. The molecule has 8 nitrogen and oxygen atoms in total. The lowest BCUT2D eigenvalue weighted by Crippen LogP contribution is -2.52. The van der Waals surface area contributed by atoms with Crippen molar-refractivity contribution in [2.24, 2.45) is 23.4 Å². The van der Waals surface area contributed by atoms with Crippen molar-refractivity contribution in [2.45, 2.75) is 19.4 Å². The number of amides is 1. The van der Waals surface area contributed by atoms with Gasteiger partial charge in [-0.2, -0.15) is 0 Å². The summed E-state index contributed by atoms with van der Waals surface area (Å²) < 4.78 is 7.07. The zero-order chi connectivity index (χ0) is 14.6. The van der Waals surface area contributed by atoms with Crippen LogP contribution in [0.2, 0.25) is 0 Å². The van der Waals surface area contributed by atoms with E-state index >= 15 is 0 Å². The number of aromatic nitrogens is 2. The van der Waals surface area contributed by atoms with E-state index in [9.17, 15) is 4.79 Å². The van der Waals surface area contributed by atoms with E-state index in [-0.39, 0.29) is 11.7 Å². The number of amidine groups is 1. The summed E-state index contributed by atoms with van der Waals surface area (Å²) in [7, 11) is 1.85. The van der Waals surface area contributed by atoms with Crippen molar-refractivity contribution >= 4 is 11.7 Å². The molecule has 2 heterocycles. The van der Waals surface area contributed by atoms with Crippen LogP contribution in [-0.2, 0) is 23.1 Å². The molecule has 1 aliphatic heterocycles. The van der Waals surface area contributed by atoms with Crippen LogP contribution in [0.1, 0.15) is 18.7 Å². The molecular formula is C12H19N5O3. The minimum Gasteiger partial charge on any atom is -0.409 e. The molecule has 0 saturated carbocycles. The maximum atomic E-state index is 12.5. The standard InChI is InChI=1S/C12H19N5O3/c1-17-5-4-14-9(17)8-15-11(18)12(10(13)16-19)2-6-20-7-3-12/h4-5,19H,2-3,6-8H2,1H3,(H2,13,16)(H,15,18). The minimum atomic E-state index is -1.00. The zero-order valence-electron chi connectivity index (χ0n) is 11.4. The lowest BCUT2D eigenvalue weighted by atomic mass is 9.78. The van der Waals surface area contributed by atoms with Gasteiger partial charge in [0, 0.05) is 32.7 Å². The van der Waals surface area contributed by atoms with E-state index in [1.165, 1.54) is 0 Å². The van der Waals surface area contributed by atoms with Gasteiger partial charge in [0.25, 0.3) is 0 Å². The van der Waals surface area contributed by atoms with Crippen molar-refractivity contribution < 1.29 is 14.7 Å². The highest BCUT2D eigenvalue weighted by Crippen LogP contribution is 2.31. The molecule has 8 heteroatoms. The summed E-state index contributed by atoms with van der Waals surface area (Å²) >= 11 is 0. The van der Waals surface area contributed by atoms with Gasteiger partial charge in [-0.15, -0.1) is 0 Å². The number of rotatable bonds is 4. The predicted octanol–water partition coefficient (Wildman–Crippen LogP) is -0.420. The third-order valence-electron chi connectivity index (χ3n) is 3.71. The van der Waals surface area contributed by atoms with Crippen molar-refractivity contribution in [1.82, 2.24) is 14.9 Å². The van der Waals surface area contributed by atoms with Gasteiger partial charge in [0.1, 0.15) is 11.2 Å². The quantitative estimate of drug-likeness (QED) is 0.300. The number of nitrogens with zero attached hydrogens (tertiary/aromatic N) is 3. The Morgan fingerprint density at radius 2 is 2.35 bits per heavy atom. The number of hydrogen-bond acceptors (Lipinski definition) is 5. The van der Waals surface area contributed by atoms with Gasteiger partial charge in [0.05, 0.1) is 6.54 Å². The summed E-state index contributed by atoms with van der Waals surface area (Å²) in [6.45, 7) is 1.11. The number of carbonyl (C=O) groups is 1. The first-order valence-electron chi connectivity index (χ1n) is 6.40. The Labute approximate surface area is 116 Å². The molecule has 1 saturated heterocycles. The fourth-order valence-corrected chi connectivity index (χ4v) is 2.31. The van der Waals surface area contributed by atoms with Gasteiger partial charge in [0.15, 0.2) is 5.84 Å². The second kappa shape index (κ2) is 5.91. The number of carbonyl (C=O) groups excluding carboxylic acids is 1. The second-order valence-electron chi connectivity index (χ2n) is 4.82. The molecule has 1 amide bonds. The molecule has 0 aromatic carbocycles. The van der Waals surface area contributed by atoms with Crippen molar-refractivity contribution in [1.29, 1.82) is 0 Å². The number of nitrogens with two attached hydrogens (primary N) is 1. The van der Waals surface area contributed by atoms with Crippen LogP contribution in [0.25, 0.3) is 0 Å². The first-order valence-corrected chi connectivity index (χ1v) is 6.40. The third-order valence-corrected chi connectivity index (χ3v) is 3.71. The number of nitrogens with one attached hydrogen (secondary N) is 1. The van der Waals surface area contributed by atoms with E-state index in [1.54, 1.807) is 12.4 Å². The monoisotopic (exact) mass is 281 g/mol. The largest absolute Gasteiger partial charge is 0.409 e. The topological polar surface area (TPSA) is 115 Å². The molecule has 0 bridgehead atoms. The molecule has 0 aliphatic carbocycles. The summed E-state index contributed by atoms with van der Waals surface area (Å²) in [6.07, 6.45) is 4.26. The Bertz CT molecular complexity index is 505. The van der Waals surface area contributed by atoms with Crippen LogP contribution in [0.4, 0.5) is 0 Å². The molecule has 0 unspecified atom stereocenters. The van der Waals surface area contributed by atoms with Gasteiger partial charge in [-0.1, -0.05) is 5.16 Å². The van der Waals surface area contributed by atoms with Crippen LogP contribution in [0.3, 0.4) is 0 Å². The highest BCUT2D eigenvalue weighted by Gasteiger charge is 2.44. The summed E-state index contributed by atoms with van der Waals surface area (Å²) in [5, 5.41) is 14.8. The Morgan fingerprint density at radius 3 is 2.90 bits per heavy atom. The fourth-order valence-electron chi connectivity index (χ4n) is 2.31. The van der Waals surface area contributed by atoms with Crippen LogP contribution in [-0.4, -0.2) is 39.7 Å². The Kier molecular flexibility index (Phi) is 4.23. The summed E-state index contributed by atoms with van der Waals surface area (Å²) in [4.78, 5) is 16.6. The Balaban J connectivity index is 2.09. The number of hydrogen-bond donors (Lipinski definition) is 3. The molecule has 20 heavy (non-hydrogen) atoms. The van der Waals surface area contributed by atoms with Crippen LogP contribution in [0.5, 0.6) is 0 Å². The van der Waals surface area contributed by atoms with Crippen molar-refractivity contribution in [3.63, 3.8) is 0 Å². The highest BCUT2D eigenvalue weighted by atomic mass is 16.5. The molecule has 0 spiro atoms. The zero-order valence-corrected chi connectivity index (χ0v) is 11.4. The smallest absolute Gasteiger partial charge is 0.234 e. The summed E-state index contributed by atoms with van der Waals surface area (Å²) in [5.41, 5.74) is 4.72. The van der Waals surface area contributed by atoms with Crippen LogP contribution in [0, 0.1) is 5.41 Å². The highest BCUT2D eigenvalue weighted by molar-refractivity contribution is 6.06. The molecule has 4 N–H and O–H groups in total. The number of oxime groups is 1. The second-order valence-corrected chi connectivity index (χ2v) is 4.82. The first-order chi connectivity index (χ1) is 9.60. The van der Waals surface area contributed by atoms with E-state index in [0.29, 0.717) is 32.6 Å². The van der Waals surface area contributed by atoms with E-state index in [2.05, 4.69) is 15.5 Å². The predicted molar refractivity (Wildman–Crippen MR) is 70.9 cm³/mol. The average molecular weight is 281 g/mol. The van der Waals surface area contributed by atoms with Crippen LogP contribution >= 0.6 is 0 Å². The summed E-state index contributed by atoms with van der Waals surface area (Å²) in [5.74, 6) is 0.400. The summed E-state index contributed by atoms with van der Waals surface area (Å²) in [6, 6.07) is 0. The van der Waals surface area contributed by atoms with Gasteiger partial charge in [-0.05, 0) is 12.8 Å². The van der Waals surface area contributed by atoms with E-state index in [1.807, 2.05) is 11.6 Å². The van der Waals surface area contributed by atoms with Gasteiger partial charge in [-0.3, -0.25) is 4.79 Å². The molecule has 0 atom stereocenters. The molecular weight excluding hydrogens is 262 g/mol. The normalized spacial score (nSPS) is 18.8. The molecule has 0 radical (unpaired) electrons. The van der Waals surface area contributed by atoms with E-state index in [4.69, 9.17) is 15.7 Å². The lowest BCUT2D eigenvalue weighted by molar-refractivity contribution is -0.131. The van der Waals surface area contributed by atoms with Gasteiger partial charge in [0.2, 0.25) is 5.91 Å². The molecule has 1 aliphatic rings. The van der Waals surface area contributed by atoms with Crippen LogP contribution < -0.4 is 11.1 Å². The maximum absolute atomic E-state index is 12.5.